The quantitative estimate of drug-likeness (QED) is 0.913. The van der Waals surface area contributed by atoms with Crippen molar-refractivity contribution in [2.45, 2.75) is 38.5 Å². The topological polar surface area (TPSA) is 46.0 Å². The summed E-state index contributed by atoms with van der Waals surface area (Å²) in [6.07, 6.45) is -3.57. The molecule has 0 aliphatic heterocycles. The number of halogens is 3. The van der Waals surface area contributed by atoms with Crippen LogP contribution in [0.4, 0.5) is 13.2 Å². The molecule has 1 heterocycles. The first kappa shape index (κ1) is 15.9. The zero-order valence-corrected chi connectivity index (χ0v) is 12.2. The number of nitrogens with zero attached hydrogens (tertiary/aromatic N) is 2. The molecule has 0 radical (unpaired) electrons. The monoisotopic (exact) mass is 316 g/mol. The van der Waals surface area contributed by atoms with Gasteiger partial charge in [-0.3, -0.25) is 0 Å². The Labute approximate surface area is 124 Å². The van der Waals surface area contributed by atoms with E-state index >= 15 is 0 Å². The predicted molar refractivity (Wildman–Crippen MR) is 74.0 cm³/mol. The van der Waals surface area contributed by atoms with Crippen LogP contribution in [0, 0.1) is 0 Å². The van der Waals surface area contributed by atoms with E-state index in [0.29, 0.717) is 16.9 Å². The van der Waals surface area contributed by atoms with Gasteiger partial charge in [0.05, 0.1) is 22.2 Å². The summed E-state index contributed by atoms with van der Waals surface area (Å²) >= 11 is 1.09. The summed E-state index contributed by atoms with van der Waals surface area (Å²) in [4.78, 5) is 0.634. The van der Waals surface area contributed by atoms with Crippen LogP contribution in [0.25, 0.3) is 0 Å². The molecule has 0 spiro atoms. The Kier molecular flexibility index (Phi) is 4.95. The van der Waals surface area contributed by atoms with E-state index in [2.05, 4.69) is 9.59 Å². The molecule has 1 N–H and O–H groups in total. The number of alkyl halides is 3. The van der Waals surface area contributed by atoms with Crippen molar-refractivity contribution in [1.29, 1.82) is 0 Å². The second kappa shape index (κ2) is 6.53. The summed E-state index contributed by atoms with van der Waals surface area (Å²) in [6, 6.07) is 5.01. The highest BCUT2D eigenvalue weighted by Crippen LogP contribution is 2.31. The Hall–Kier alpha value is -1.47. The first-order valence-electron chi connectivity index (χ1n) is 6.57. The number of hydrogen-bond acceptors (Lipinski definition) is 4. The fourth-order valence-electron chi connectivity index (χ4n) is 2.07. The molecule has 1 aromatic heterocycles. The highest BCUT2D eigenvalue weighted by molar-refractivity contribution is 7.05. The lowest BCUT2D eigenvalue weighted by Crippen LogP contribution is -2.07. The lowest BCUT2D eigenvalue weighted by Gasteiger charge is -2.12. The van der Waals surface area contributed by atoms with Gasteiger partial charge in [0.1, 0.15) is 0 Å². The Balaban J connectivity index is 2.16. The fourth-order valence-corrected chi connectivity index (χ4v) is 2.75. The molecule has 0 fully saturated rings. The molecule has 0 bridgehead atoms. The smallest absolute Gasteiger partial charge is 0.387 e. The van der Waals surface area contributed by atoms with Crippen molar-refractivity contribution < 1.29 is 18.3 Å². The van der Waals surface area contributed by atoms with Crippen molar-refractivity contribution in [2.75, 3.05) is 0 Å². The van der Waals surface area contributed by atoms with E-state index in [9.17, 15) is 18.3 Å². The summed E-state index contributed by atoms with van der Waals surface area (Å²) in [5.74, 6) is 0. The molecule has 2 rings (SSSR count). The standard InChI is InChI=1S/C14H15F3N2OS/c1-2-4-11-13(21-19-18-11)12(20)8-9-5-3-6-10(7-9)14(15,16)17/h3,5-7,12,20H,2,4,8H2,1H3. The molecular formula is C14H15F3N2OS. The SMILES string of the molecule is CCCc1nnsc1C(O)Cc1cccc(C(F)(F)F)c1. The Morgan fingerprint density at radius 2 is 2.10 bits per heavy atom. The van der Waals surface area contributed by atoms with Crippen molar-refractivity contribution >= 4 is 11.5 Å². The number of rotatable bonds is 5. The highest BCUT2D eigenvalue weighted by Gasteiger charge is 2.30. The molecule has 0 saturated carbocycles. The highest BCUT2D eigenvalue weighted by atomic mass is 32.1. The third kappa shape index (κ3) is 4.01. The summed E-state index contributed by atoms with van der Waals surface area (Å²) < 4.78 is 41.8. The number of aliphatic hydroxyl groups excluding tert-OH is 1. The van der Waals surface area contributed by atoms with Crippen LogP contribution in [-0.2, 0) is 19.0 Å². The average molecular weight is 316 g/mol. The first-order valence-corrected chi connectivity index (χ1v) is 7.34. The maximum atomic E-state index is 12.7. The van der Waals surface area contributed by atoms with Crippen LogP contribution in [0.3, 0.4) is 0 Å². The van der Waals surface area contributed by atoms with Gasteiger partial charge in [-0.2, -0.15) is 13.2 Å². The largest absolute Gasteiger partial charge is 0.416 e. The first-order chi connectivity index (χ1) is 9.91. The molecule has 3 nitrogen and oxygen atoms in total. The van der Waals surface area contributed by atoms with Gasteiger partial charge in [0.15, 0.2) is 0 Å². The Morgan fingerprint density at radius 1 is 1.33 bits per heavy atom. The van der Waals surface area contributed by atoms with E-state index in [1.807, 2.05) is 6.92 Å². The average Bonchev–Trinajstić information content (AvgIpc) is 2.87. The third-order valence-corrected chi connectivity index (χ3v) is 3.93. The van der Waals surface area contributed by atoms with E-state index in [1.54, 1.807) is 6.07 Å². The van der Waals surface area contributed by atoms with E-state index in [4.69, 9.17) is 0 Å². The third-order valence-electron chi connectivity index (χ3n) is 3.06. The number of benzene rings is 1. The summed E-state index contributed by atoms with van der Waals surface area (Å²) in [5, 5.41) is 14.2. The van der Waals surface area contributed by atoms with Crippen LogP contribution in [-0.4, -0.2) is 14.7 Å². The predicted octanol–water partition coefficient (Wildman–Crippen LogP) is 3.79. The minimum atomic E-state index is -4.37. The number of hydrogen-bond donors (Lipinski definition) is 1. The molecule has 1 atom stereocenters. The molecule has 1 aromatic carbocycles. The van der Waals surface area contributed by atoms with Crippen LogP contribution in [0.2, 0.25) is 0 Å². The van der Waals surface area contributed by atoms with Gasteiger partial charge in [0.2, 0.25) is 0 Å². The molecule has 0 saturated heterocycles. The van der Waals surface area contributed by atoms with E-state index in [-0.39, 0.29) is 6.42 Å². The van der Waals surface area contributed by atoms with E-state index in [1.165, 1.54) is 6.07 Å². The molecule has 0 aliphatic carbocycles. The van der Waals surface area contributed by atoms with Crippen molar-refractivity contribution in [3.63, 3.8) is 0 Å². The van der Waals surface area contributed by atoms with Gasteiger partial charge in [0.25, 0.3) is 0 Å². The normalized spacial score (nSPS) is 13.4. The maximum absolute atomic E-state index is 12.7. The van der Waals surface area contributed by atoms with Gasteiger partial charge < -0.3 is 5.11 Å². The summed E-state index contributed by atoms with van der Waals surface area (Å²) in [6.45, 7) is 1.99. The minimum Gasteiger partial charge on any atom is -0.387 e. The molecule has 0 aliphatic rings. The van der Waals surface area contributed by atoms with Crippen molar-refractivity contribution in [3.05, 3.63) is 46.0 Å². The molecule has 114 valence electrons. The van der Waals surface area contributed by atoms with Crippen molar-refractivity contribution in [1.82, 2.24) is 9.59 Å². The number of aliphatic hydroxyl groups is 1. The maximum Gasteiger partial charge on any atom is 0.416 e. The molecule has 0 amide bonds. The molecule has 2 aromatic rings. The van der Waals surface area contributed by atoms with Crippen molar-refractivity contribution in [2.24, 2.45) is 0 Å². The number of aromatic nitrogens is 2. The number of aryl methyl sites for hydroxylation is 1. The fraction of sp³-hybridized carbons (Fsp3) is 0.429. The van der Waals surface area contributed by atoms with Gasteiger partial charge in [-0.1, -0.05) is 36.0 Å². The summed E-state index contributed by atoms with van der Waals surface area (Å²) in [7, 11) is 0. The van der Waals surface area contributed by atoms with Gasteiger partial charge in [0, 0.05) is 6.42 Å². The Bertz CT molecular complexity index is 598. The van der Waals surface area contributed by atoms with Crippen LogP contribution >= 0.6 is 11.5 Å². The zero-order chi connectivity index (χ0) is 15.5. The van der Waals surface area contributed by atoms with Crippen molar-refractivity contribution in [3.8, 4) is 0 Å². The van der Waals surface area contributed by atoms with E-state index in [0.717, 1.165) is 35.8 Å². The Morgan fingerprint density at radius 3 is 2.76 bits per heavy atom. The van der Waals surface area contributed by atoms with Crippen LogP contribution < -0.4 is 0 Å². The molecular weight excluding hydrogens is 301 g/mol. The van der Waals surface area contributed by atoms with Gasteiger partial charge in [-0.15, -0.1) is 5.10 Å². The second-order valence-electron chi connectivity index (χ2n) is 4.75. The van der Waals surface area contributed by atoms with Crippen LogP contribution in [0.15, 0.2) is 24.3 Å². The zero-order valence-electron chi connectivity index (χ0n) is 11.4. The second-order valence-corrected chi connectivity index (χ2v) is 5.54. The van der Waals surface area contributed by atoms with Gasteiger partial charge in [-0.05, 0) is 29.6 Å². The van der Waals surface area contributed by atoms with Crippen LogP contribution in [0.5, 0.6) is 0 Å². The molecule has 7 heteroatoms. The molecule has 21 heavy (non-hydrogen) atoms. The van der Waals surface area contributed by atoms with E-state index < -0.39 is 17.8 Å². The van der Waals surface area contributed by atoms with Crippen LogP contribution in [0.1, 0.15) is 41.1 Å². The van der Waals surface area contributed by atoms with Gasteiger partial charge >= 0.3 is 6.18 Å². The molecule has 1 unspecified atom stereocenters. The lowest BCUT2D eigenvalue weighted by molar-refractivity contribution is -0.137. The van der Waals surface area contributed by atoms with Gasteiger partial charge in [-0.25, -0.2) is 0 Å². The summed E-state index contributed by atoms with van der Waals surface area (Å²) in [5.41, 5.74) is 0.457. The lowest BCUT2D eigenvalue weighted by atomic mass is 10.0. The minimum absolute atomic E-state index is 0.116.